The molecule has 3 heterocycles. The van der Waals surface area contributed by atoms with Gasteiger partial charge in [0.15, 0.2) is 17.2 Å². The van der Waals surface area contributed by atoms with E-state index in [0.29, 0.717) is 29.3 Å². The van der Waals surface area contributed by atoms with Crippen LogP contribution in [0.2, 0.25) is 0 Å². The Morgan fingerprint density at radius 2 is 1.81 bits per heavy atom. The Bertz CT molecular complexity index is 1290. The third kappa shape index (κ3) is 4.85. The summed E-state index contributed by atoms with van der Waals surface area (Å²) >= 11 is 0. The van der Waals surface area contributed by atoms with Gasteiger partial charge in [-0.3, -0.25) is 9.69 Å². The molecule has 4 aromatic rings. The van der Waals surface area contributed by atoms with Gasteiger partial charge in [0.1, 0.15) is 5.76 Å². The quantitative estimate of drug-likeness (QED) is 0.369. The van der Waals surface area contributed by atoms with Crippen LogP contribution < -0.4 is 14.8 Å². The maximum absolute atomic E-state index is 13.6. The van der Waals surface area contributed by atoms with Crippen molar-refractivity contribution in [3.05, 3.63) is 84.6 Å². The maximum Gasteiger partial charge on any atom is 0.272 e. The Balaban J connectivity index is 1.47. The number of likely N-dealkylation sites (tertiary alicyclic amines) is 1. The van der Waals surface area contributed by atoms with Crippen molar-refractivity contribution in [2.24, 2.45) is 0 Å². The first-order valence-electron chi connectivity index (χ1n) is 12.1. The molecule has 0 saturated carbocycles. The molecule has 186 valence electrons. The number of aromatic nitrogens is 2. The third-order valence-electron chi connectivity index (χ3n) is 6.55. The second kappa shape index (κ2) is 10.7. The molecule has 1 atom stereocenters. The van der Waals surface area contributed by atoms with E-state index < -0.39 is 0 Å². The van der Waals surface area contributed by atoms with Crippen molar-refractivity contribution in [2.75, 3.05) is 33.9 Å². The van der Waals surface area contributed by atoms with Crippen LogP contribution in [0.3, 0.4) is 0 Å². The van der Waals surface area contributed by atoms with E-state index in [0.717, 1.165) is 42.9 Å². The highest BCUT2D eigenvalue weighted by Gasteiger charge is 2.27. The monoisotopic (exact) mass is 486 g/mol. The summed E-state index contributed by atoms with van der Waals surface area (Å²) in [6.45, 7) is 2.40. The molecule has 1 aliphatic heterocycles. The zero-order chi connectivity index (χ0) is 24.9. The molecule has 1 fully saturated rings. The molecule has 36 heavy (non-hydrogen) atoms. The Kier molecular flexibility index (Phi) is 7.04. The Morgan fingerprint density at radius 1 is 1.03 bits per heavy atom. The lowest BCUT2D eigenvalue weighted by atomic mass is 10.1. The smallest absolute Gasteiger partial charge is 0.272 e. The SMILES string of the molecule is COc1ccc(-c2cn(-c3ccccc3)nc2C(=O)NC[C@@H](c2ccco2)N2CCCC2)cc1OC. The van der Waals surface area contributed by atoms with Gasteiger partial charge in [0.2, 0.25) is 0 Å². The molecule has 0 unspecified atom stereocenters. The number of carbonyl (C=O) groups excluding carboxylic acids is 1. The van der Waals surface area contributed by atoms with Crippen LogP contribution in [0.1, 0.15) is 35.1 Å². The Morgan fingerprint density at radius 3 is 2.50 bits per heavy atom. The molecule has 0 bridgehead atoms. The normalized spacial score (nSPS) is 14.5. The number of hydrogen-bond acceptors (Lipinski definition) is 6. The summed E-state index contributed by atoms with van der Waals surface area (Å²) in [5.41, 5.74) is 2.71. The van der Waals surface area contributed by atoms with E-state index in [1.54, 1.807) is 25.2 Å². The first-order valence-corrected chi connectivity index (χ1v) is 12.1. The summed E-state index contributed by atoms with van der Waals surface area (Å²) in [6, 6.07) is 19.2. The van der Waals surface area contributed by atoms with Gasteiger partial charge in [-0.1, -0.05) is 24.3 Å². The number of nitrogens with one attached hydrogen (secondary N) is 1. The van der Waals surface area contributed by atoms with E-state index in [2.05, 4.69) is 15.3 Å². The predicted molar refractivity (Wildman–Crippen MR) is 137 cm³/mol. The molecule has 1 aliphatic rings. The fourth-order valence-electron chi connectivity index (χ4n) is 4.69. The summed E-state index contributed by atoms with van der Waals surface area (Å²) in [5, 5.41) is 7.81. The van der Waals surface area contributed by atoms with Gasteiger partial charge in [0, 0.05) is 18.3 Å². The van der Waals surface area contributed by atoms with Gasteiger partial charge in [-0.15, -0.1) is 0 Å². The molecule has 1 N–H and O–H groups in total. The van der Waals surface area contributed by atoms with Crippen molar-refractivity contribution in [2.45, 2.75) is 18.9 Å². The first kappa shape index (κ1) is 23.7. The minimum Gasteiger partial charge on any atom is -0.493 e. The summed E-state index contributed by atoms with van der Waals surface area (Å²) < 4.78 is 18.3. The average molecular weight is 487 g/mol. The van der Waals surface area contributed by atoms with Crippen LogP contribution in [0, 0.1) is 0 Å². The highest BCUT2D eigenvalue weighted by Crippen LogP contribution is 2.34. The lowest BCUT2D eigenvalue weighted by Crippen LogP contribution is -2.37. The van der Waals surface area contributed by atoms with Crippen molar-refractivity contribution >= 4 is 5.91 Å². The second-order valence-corrected chi connectivity index (χ2v) is 8.73. The van der Waals surface area contributed by atoms with E-state index in [-0.39, 0.29) is 11.9 Å². The lowest BCUT2D eigenvalue weighted by Gasteiger charge is -2.25. The number of furan rings is 1. The van der Waals surface area contributed by atoms with Crippen molar-refractivity contribution < 1.29 is 18.7 Å². The van der Waals surface area contributed by atoms with Crippen LogP contribution in [0.5, 0.6) is 11.5 Å². The fraction of sp³-hybridized carbons (Fsp3) is 0.286. The number of hydrogen-bond donors (Lipinski definition) is 1. The van der Waals surface area contributed by atoms with Crippen LogP contribution in [-0.4, -0.2) is 54.4 Å². The lowest BCUT2D eigenvalue weighted by molar-refractivity contribution is 0.0929. The molecular formula is C28H30N4O4. The number of nitrogens with zero attached hydrogens (tertiary/aromatic N) is 3. The van der Waals surface area contributed by atoms with Gasteiger partial charge in [-0.25, -0.2) is 4.68 Å². The zero-order valence-electron chi connectivity index (χ0n) is 20.5. The number of ether oxygens (including phenoxy) is 2. The van der Waals surface area contributed by atoms with Gasteiger partial charge in [-0.05, 0) is 67.9 Å². The molecular weight excluding hydrogens is 456 g/mol. The van der Waals surface area contributed by atoms with Crippen LogP contribution in [0.4, 0.5) is 0 Å². The number of rotatable bonds is 9. The summed E-state index contributed by atoms with van der Waals surface area (Å²) in [7, 11) is 3.19. The summed E-state index contributed by atoms with van der Waals surface area (Å²) in [5.74, 6) is 1.81. The van der Waals surface area contributed by atoms with Gasteiger partial charge in [0.05, 0.1) is 32.2 Å². The van der Waals surface area contributed by atoms with Crippen LogP contribution in [0.25, 0.3) is 16.8 Å². The Labute approximate surface area is 210 Å². The number of methoxy groups -OCH3 is 2. The summed E-state index contributed by atoms with van der Waals surface area (Å²) in [6.07, 6.45) is 5.85. The van der Waals surface area contributed by atoms with Crippen molar-refractivity contribution in [3.63, 3.8) is 0 Å². The zero-order valence-corrected chi connectivity index (χ0v) is 20.5. The number of para-hydroxylation sites is 1. The largest absolute Gasteiger partial charge is 0.493 e. The second-order valence-electron chi connectivity index (χ2n) is 8.73. The van der Waals surface area contributed by atoms with Crippen LogP contribution in [0.15, 0.2) is 77.5 Å². The van der Waals surface area contributed by atoms with Gasteiger partial charge >= 0.3 is 0 Å². The minimum atomic E-state index is -0.245. The number of benzene rings is 2. The minimum absolute atomic E-state index is 0.0211. The molecule has 5 rings (SSSR count). The van der Waals surface area contributed by atoms with Crippen LogP contribution in [-0.2, 0) is 0 Å². The van der Waals surface area contributed by atoms with E-state index in [4.69, 9.17) is 13.9 Å². The standard InChI is InChI=1S/C28H30N4O4/c1-34-25-13-12-20(17-26(25)35-2)22-19-32(21-9-4-3-5-10-21)30-27(22)28(33)29-18-23(24-11-8-16-36-24)31-14-6-7-15-31/h3-5,8-13,16-17,19,23H,6-7,14-15,18H2,1-2H3,(H,29,33)/t23-/m0/s1. The molecule has 2 aromatic heterocycles. The van der Waals surface area contributed by atoms with Crippen LogP contribution >= 0.6 is 0 Å². The highest BCUT2D eigenvalue weighted by atomic mass is 16.5. The third-order valence-corrected chi connectivity index (χ3v) is 6.55. The molecule has 0 radical (unpaired) electrons. The average Bonchev–Trinajstić information content (AvgIpc) is 3.71. The molecule has 0 spiro atoms. The van der Waals surface area contributed by atoms with Crippen molar-refractivity contribution in [3.8, 4) is 28.3 Å². The molecule has 0 aliphatic carbocycles. The molecule has 2 aromatic carbocycles. The van der Waals surface area contributed by atoms with Crippen molar-refractivity contribution in [1.82, 2.24) is 20.0 Å². The fourth-order valence-corrected chi connectivity index (χ4v) is 4.69. The molecule has 1 amide bonds. The summed E-state index contributed by atoms with van der Waals surface area (Å²) in [4.78, 5) is 15.9. The topological polar surface area (TPSA) is 81.8 Å². The first-order chi connectivity index (χ1) is 17.7. The molecule has 8 nitrogen and oxygen atoms in total. The maximum atomic E-state index is 13.6. The van der Waals surface area contributed by atoms with E-state index >= 15 is 0 Å². The predicted octanol–water partition coefficient (Wildman–Crippen LogP) is 4.72. The van der Waals surface area contributed by atoms with E-state index in [1.165, 1.54) is 0 Å². The molecule has 8 heteroatoms. The highest BCUT2D eigenvalue weighted by molar-refractivity contribution is 5.99. The van der Waals surface area contributed by atoms with Crippen molar-refractivity contribution in [1.29, 1.82) is 0 Å². The van der Waals surface area contributed by atoms with Gasteiger partial charge in [0.25, 0.3) is 5.91 Å². The van der Waals surface area contributed by atoms with E-state index in [9.17, 15) is 4.79 Å². The van der Waals surface area contributed by atoms with E-state index in [1.807, 2.05) is 66.9 Å². The Hall–Kier alpha value is -4.04. The molecule has 1 saturated heterocycles. The number of carbonyl (C=O) groups is 1. The number of amides is 1. The van der Waals surface area contributed by atoms with Gasteiger partial charge in [-0.2, -0.15) is 5.10 Å². The van der Waals surface area contributed by atoms with Gasteiger partial charge < -0.3 is 19.2 Å².